The van der Waals surface area contributed by atoms with Gasteiger partial charge in [0.25, 0.3) is 0 Å². The van der Waals surface area contributed by atoms with Crippen molar-refractivity contribution in [1.29, 1.82) is 0 Å². The highest BCUT2D eigenvalue weighted by atomic mass is 19.1. The summed E-state index contributed by atoms with van der Waals surface area (Å²) in [5.74, 6) is -0.0735. The lowest BCUT2D eigenvalue weighted by molar-refractivity contribution is 0.104. The second-order valence-electron chi connectivity index (χ2n) is 4.91. The quantitative estimate of drug-likeness (QED) is 0.536. The summed E-state index contributed by atoms with van der Waals surface area (Å²) >= 11 is 0. The number of benzene rings is 2. The van der Waals surface area contributed by atoms with Crippen molar-refractivity contribution in [2.75, 3.05) is 0 Å². The van der Waals surface area contributed by atoms with Gasteiger partial charge in [-0.15, -0.1) is 0 Å². The summed E-state index contributed by atoms with van der Waals surface area (Å²) in [6.45, 7) is 0. The van der Waals surface area contributed by atoms with Crippen LogP contribution in [-0.2, 0) is 0 Å². The Kier molecular flexibility index (Phi) is 4.34. The summed E-state index contributed by atoms with van der Waals surface area (Å²) in [5.41, 5.74) is 1.94. The number of rotatable bonds is 4. The van der Waals surface area contributed by atoms with Crippen molar-refractivity contribution in [3.63, 3.8) is 0 Å². The molecule has 0 radical (unpaired) electrons. The average molecular weight is 304 g/mol. The second kappa shape index (κ2) is 6.75. The number of nitrogens with zero attached hydrogens (tertiary/aromatic N) is 2. The summed E-state index contributed by atoms with van der Waals surface area (Å²) in [4.78, 5) is 20.5. The molecule has 0 atom stereocenters. The molecule has 0 saturated heterocycles. The third-order valence-corrected chi connectivity index (χ3v) is 3.24. The molecule has 0 aliphatic rings. The van der Waals surface area contributed by atoms with Crippen molar-refractivity contribution >= 4 is 11.9 Å². The molecule has 3 aromatic rings. The Bertz CT molecular complexity index is 843. The average Bonchev–Trinajstić information content (AvgIpc) is 2.61. The molecule has 4 heteroatoms. The molecule has 1 aromatic heterocycles. The molecule has 0 spiro atoms. The highest BCUT2D eigenvalue weighted by Gasteiger charge is 2.03. The zero-order valence-electron chi connectivity index (χ0n) is 12.2. The molecule has 0 N–H and O–H groups in total. The lowest BCUT2D eigenvalue weighted by atomic mass is 10.1. The van der Waals surface area contributed by atoms with Crippen LogP contribution in [0.2, 0.25) is 0 Å². The molecular weight excluding hydrogens is 291 g/mol. The first kappa shape index (κ1) is 14.8. The van der Waals surface area contributed by atoms with E-state index in [-0.39, 0.29) is 5.78 Å². The van der Waals surface area contributed by atoms with E-state index < -0.39 is 5.82 Å². The molecule has 0 saturated carbocycles. The number of carbonyl (C=O) groups is 1. The van der Waals surface area contributed by atoms with Crippen molar-refractivity contribution < 1.29 is 9.18 Å². The SMILES string of the molecule is O=C(/C=C/c1cnc(-c2ccccc2)nc1)c1cccc(F)c1. The van der Waals surface area contributed by atoms with Gasteiger partial charge in [0.1, 0.15) is 5.82 Å². The van der Waals surface area contributed by atoms with Crippen LogP contribution < -0.4 is 0 Å². The van der Waals surface area contributed by atoms with Crippen LogP contribution in [0.4, 0.5) is 4.39 Å². The van der Waals surface area contributed by atoms with E-state index in [1.807, 2.05) is 30.3 Å². The maximum Gasteiger partial charge on any atom is 0.185 e. The highest BCUT2D eigenvalue weighted by molar-refractivity contribution is 6.06. The predicted octanol–water partition coefficient (Wildman–Crippen LogP) is 4.18. The van der Waals surface area contributed by atoms with Gasteiger partial charge in [-0.1, -0.05) is 42.5 Å². The van der Waals surface area contributed by atoms with Gasteiger partial charge in [0.05, 0.1) is 0 Å². The van der Waals surface area contributed by atoms with Gasteiger partial charge in [-0.25, -0.2) is 14.4 Å². The smallest absolute Gasteiger partial charge is 0.185 e. The second-order valence-corrected chi connectivity index (χ2v) is 4.91. The number of halogens is 1. The van der Waals surface area contributed by atoms with E-state index in [0.717, 1.165) is 5.56 Å². The van der Waals surface area contributed by atoms with Crippen molar-refractivity contribution in [3.05, 3.63) is 90.0 Å². The number of aromatic nitrogens is 2. The minimum absolute atomic E-state index is 0.267. The van der Waals surface area contributed by atoms with Crippen molar-refractivity contribution in [1.82, 2.24) is 9.97 Å². The molecule has 3 nitrogen and oxygen atoms in total. The molecular formula is C19H13FN2O. The Hall–Kier alpha value is -3.14. The number of ketones is 1. The highest BCUT2D eigenvalue weighted by Crippen LogP contribution is 2.14. The van der Waals surface area contributed by atoms with Crippen molar-refractivity contribution in [2.45, 2.75) is 0 Å². The first-order chi connectivity index (χ1) is 11.2. The Morgan fingerprint density at radius 2 is 1.70 bits per heavy atom. The van der Waals surface area contributed by atoms with Gasteiger partial charge in [0.2, 0.25) is 0 Å². The number of hydrogen-bond acceptors (Lipinski definition) is 3. The van der Waals surface area contributed by atoms with E-state index in [9.17, 15) is 9.18 Å². The van der Waals surface area contributed by atoms with Crippen LogP contribution in [-0.4, -0.2) is 15.8 Å². The standard InChI is InChI=1S/C19H13FN2O/c20-17-8-4-7-16(11-17)18(23)10-9-14-12-21-19(22-13-14)15-5-2-1-3-6-15/h1-13H/b10-9+. The number of hydrogen-bond donors (Lipinski definition) is 0. The van der Waals surface area contributed by atoms with Crippen molar-refractivity contribution in [3.8, 4) is 11.4 Å². The fourth-order valence-electron chi connectivity index (χ4n) is 2.07. The van der Waals surface area contributed by atoms with Crippen LogP contribution >= 0.6 is 0 Å². The molecule has 0 aliphatic heterocycles. The lowest BCUT2D eigenvalue weighted by Crippen LogP contribution is -1.95. The monoisotopic (exact) mass is 304 g/mol. The Labute approximate surface area is 133 Å². The predicted molar refractivity (Wildman–Crippen MR) is 87.2 cm³/mol. The molecule has 0 amide bonds. The molecule has 1 heterocycles. The summed E-state index contributed by atoms with van der Waals surface area (Å²) in [6.07, 6.45) is 6.28. The fraction of sp³-hybridized carbons (Fsp3) is 0. The van der Waals surface area contributed by atoms with Gasteiger partial charge in [-0.2, -0.15) is 0 Å². The minimum atomic E-state index is -0.431. The van der Waals surface area contributed by atoms with Crippen LogP contribution in [0.15, 0.2) is 73.1 Å². The van der Waals surface area contributed by atoms with Crippen molar-refractivity contribution in [2.24, 2.45) is 0 Å². The maximum absolute atomic E-state index is 13.1. The summed E-state index contributed by atoms with van der Waals surface area (Å²) in [6, 6.07) is 15.2. The summed E-state index contributed by atoms with van der Waals surface area (Å²) in [7, 11) is 0. The Morgan fingerprint density at radius 3 is 2.39 bits per heavy atom. The maximum atomic E-state index is 13.1. The molecule has 23 heavy (non-hydrogen) atoms. The molecule has 0 unspecified atom stereocenters. The lowest BCUT2D eigenvalue weighted by Gasteiger charge is -2.00. The molecule has 0 bridgehead atoms. The van der Waals surface area contributed by atoms with Crippen LogP contribution in [0.5, 0.6) is 0 Å². The van der Waals surface area contributed by atoms with Gasteiger partial charge in [0, 0.05) is 29.1 Å². The van der Waals surface area contributed by atoms with Crippen LogP contribution in [0.3, 0.4) is 0 Å². The van der Waals surface area contributed by atoms with Crippen LogP contribution in [0.1, 0.15) is 15.9 Å². The van der Waals surface area contributed by atoms with Gasteiger partial charge in [-0.3, -0.25) is 4.79 Å². The molecule has 2 aromatic carbocycles. The Balaban J connectivity index is 1.74. The third-order valence-electron chi connectivity index (χ3n) is 3.24. The molecule has 112 valence electrons. The zero-order chi connectivity index (χ0) is 16.1. The third kappa shape index (κ3) is 3.74. The van der Waals surface area contributed by atoms with Gasteiger partial charge < -0.3 is 0 Å². The largest absolute Gasteiger partial charge is 0.289 e. The first-order valence-corrected chi connectivity index (χ1v) is 7.08. The summed E-state index contributed by atoms with van der Waals surface area (Å²) < 4.78 is 13.1. The van der Waals surface area contributed by atoms with Gasteiger partial charge in [0.15, 0.2) is 11.6 Å². The first-order valence-electron chi connectivity index (χ1n) is 7.08. The van der Waals surface area contributed by atoms with Crippen LogP contribution in [0.25, 0.3) is 17.5 Å². The van der Waals surface area contributed by atoms with E-state index >= 15 is 0 Å². The van der Waals surface area contributed by atoms with E-state index in [1.54, 1.807) is 24.5 Å². The van der Waals surface area contributed by atoms with E-state index in [4.69, 9.17) is 0 Å². The molecule has 0 aliphatic carbocycles. The molecule has 0 fully saturated rings. The van der Waals surface area contributed by atoms with E-state index in [1.165, 1.54) is 24.3 Å². The number of allylic oxidation sites excluding steroid dienone is 1. The summed E-state index contributed by atoms with van der Waals surface area (Å²) in [5, 5.41) is 0. The zero-order valence-corrected chi connectivity index (χ0v) is 12.2. The van der Waals surface area contributed by atoms with Gasteiger partial charge >= 0.3 is 0 Å². The van der Waals surface area contributed by atoms with Gasteiger partial charge in [-0.05, 0) is 24.3 Å². The number of carbonyl (C=O) groups excluding carboxylic acids is 1. The Morgan fingerprint density at radius 1 is 0.957 bits per heavy atom. The van der Waals surface area contributed by atoms with Crippen LogP contribution in [0, 0.1) is 5.82 Å². The topological polar surface area (TPSA) is 42.9 Å². The van der Waals surface area contributed by atoms with E-state index in [2.05, 4.69) is 9.97 Å². The fourth-order valence-corrected chi connectivity index (χ4v) is 2.07. The minimum Gasteiger partial charge on any atom is -0.289 e. The normalized spacial score (nSPS) is 10.8. The molecule has 3 rings (SSSR count). The van der Waals surface area contributed by atoms with E-state index in [0.29, 0.717) is 17.0 Å².